The third kappa shape index (κ3) is 4.65. The number of piperidine rings is 1. The highest BCUT2D eigenvalue weighted by molar-refractivity contribution is 7.88. The molecule has 1 saturated carbocycles. The smallest absolute Gasteiger partial charge is 0.251 e. The van der Waals surface area contributed by atoms with Crippen molar-refractivity contribution in [2.24, 2.45) is 0 Å². The van der Waals surface area contributed by atoms with Crippen LogP contribution in [0.15, 0.2) is 18.2 Å². The first-order valence-electron chi connectivity index (χ1n) is 8.55. The summed E-state index contributed by atoms with van der Waals surface area (Å²) in [5, 5.41) is 3.37. The van der Waals surface area contributed by atoms with E-state index in [0.29, 0.717) is 42.3 Å². The number of amides is 1. The van der Waals surface area contributed by atoms with Gasteiger partial charge in [-0.15, -0.1) is 0 Å². The molecule has 1 N–H and O–H groups in total. The van der Waals surface area contributed by atoms with Crippen LogP contribution in [0.4, 0.5) is 0 Å². The largest absolute Gasteiger partial charge is 0.489 e. The fourth-order valence-corrected chi connectivity index (χ4v) is 4.12. The molecule has 1 aliphatic heterocycles. The van der Waals surface area contributed by atoms with Gasteiger partial charge in [-0.25, -0.2) is 12.7 Å². The monoisotopic (exact) mass is 386 g/mol. The number of carbonyl (C=O) groups is 1. The minimum atomic E-state index is -3.15. The van der Waals surface area contributed by atoms with Gasteiger partial charge in [-0.2, -0.15) is 0 Å². The van der Waals surface area contributed by atoms with Crippen molar-refractivity contribution in [3.8, 4) is 5.75 Å². The standard InChI is InChI=1S/C17H23ClN2O4S/c1-25(22,23)20-9-7-14(8-10-20)24-16-6-5-12(11-15(16)18)17(21)19-13-3-2-4-13/h5-6,11,13-14H,2-4,7-10H2,1H3,(H,19,21). The third-order valence-corrected chi connectivity index (χ3v) is 6.40. The predicted molar refractivity (Wildman–Crippen MR) is 96.6 cm³/mol. The first-order chi connectivity index (χ1) is 11.8. The van der Waals surface area contributed by atoms with Crippen molar-refractivity contribution < 1.29 is 17.9 Å². The average molecular weight is 387 g/mol. The molecule has 1 aromatic rings. The maximum atomic E-state index is 12.2. The predicted octanol–water partition coefficient (Wildman–Crippen LogP) is 2.43. The maximum Gasteiger partial charge on any atom is 0.251 e. The molecular weight excluding hydrogens is 364 g/mol. The molecular formula is C17H23ClN2O4S. The molecule has 2 fully saturated rings. The van der Waals surface area contributed by atoms with Crippen molar-refractivity contribution in [2.45, 2.75) is 44.2 Å². The van der Waals surface area contributed by atoms with Crippen LogP contribution in [0.2, 0.25) is 5.02 Å². The topological polar surface area (TPSA) is 75.7 Å². The SMILES string of the molecule is CS(=O)(=O)N1CCC(Oc2ccc(C(=O)NC3CCC3)cc2Cl)CC1. The van der Waals surface area contributed by atoms with E-state index in [-0.39, 0.29) is 18.1 Å². The van der Waals surface area contributed by atoms with Gasteiger partial charge < -0.3 is 10.1 Å². The van der Waals surface area contributed by atoms with Gasteiger partial charge in [0.05, 0.1) is 11.3 Å². The van der Waals surface area contributed by atoms with E-state index in [1.54, 1.807) is 18.2 Å². The van der Waals surface area contributed by atoms with Gasteiger partial charge >= 0.3 is 0 Å². The Morgan fingerprint density at radius 1 is 1.24 bits per heavy atom. The fraction of sp³-hybridized carbons (Fsp3) is 0.588. The molecule has 0 spiro atoms. The summed E-state index contributed by atoms with van der Waals surface area (Å²) >= 11 is 6.27. The Morgan fingerprint density at radius 2 is 1.92 bits per heavy atom. The Balaban J connectivity index is 1.57. The number of ether oxygens (including phenoxy) is 1. The minimum absolute atomic E-state index is 0.0786. The van der Waals surface area contributed by atoms with Crippen LogP contribution in [-0.4, -0.2) is 50.1 Å². The van der Waals surface area contributed by atoms with Crippen molar-refractivity contribution in [2.75, 3.05) is 19.3 Å². The molecule has 0 radical (unpaired) electrons. The molecule has 8 heteroatoms. The first-order valence-corrected chi connectivity index (χ1v) is 10.8. The number of rotatable bonds is 5. The van der Waals surface area contributed by atoms with E-state index >= 15 is 0 Å². The molecule has 25 heavy (non-hydrogen) atoms. The van der Waals surface area contributed by atoms with Crippen molar-refractivity contribution in [3.05, 3.63) is 28.8 Å². The molecule has 1 amide bonds. The van der Waals surface area contributed by atoms with E-state index < -0.39 is 10.0 Å². The van der Waals surface area contributed by atoms with Crippen molar-refractivity contribution >= 4 is 27.5 Å². The second-order valence-corrected chi connectivity index (χ2v) is 9.12. The van der Waals surface area contributed by atoms with Crippen LogP contribution < -0.4 is 10.1 Å². The molecule has 138 valence electrons. The van der Waals surface area contributed by atoms with E-state index in [9.17, 15) is 13.2 Å². The van der Waals surface area contributed by atoms with Gasteiger partial charge in [-0.1, -0.05) is 11.6 Å². The molecule has 1 aromatic carbocycles. The normalized spacial score (nSPS) is 20.1. The lowest BCUT2D eigenvalue weighted by Crippen LogP contribution is -2.41. The van der Waals surface area contributed by atoms with Crippen molar-refractivity contribution in [3.63, 3.8) is 0 Å². The summed E-state index contributed by atoms with van der Waals surface area (Å²) in [6, 6.07) is 5.32. The number of benzene rings is 1. The highest BCUT2D eigenvalue weighted by Gasteiger charge is 2.26. The molecule has 6 nitrogen and oxygen atoms in total. The van der Waals surface area contributed by atoms with Gasteiger partial charge in [0.1, 0.15) is 11.9 Å². The summed E-state index contributed by atoms with van der Waals surface area (Å²) < 4.78 is 30.4. The molecule has 0 atom stereocenters. The number of nitrogens with zero attached hydrogens (tertiary/aromatic N) is 1. The van der Waals surface area contributed by atoms with Gasteiger partial charge in [0.2, 0.25) is 10.0 Å². The second-order valence-electron chi connectivity index (χ2n) is 6.73. The Bertz CT molecular complexity index is 741. The number of nitrogens with one attached hydrogen (secondary N) is 1. The molecule has 0 bridgehead atoms. The third-order valence-electron chi connectivity index (χ3n) is 4.80. The zero-order valence-corrected chi connectivity index (χ0v) is 15.8. The van der Waals surface area contributed by atoms with Crippen LogP contribution >= 0.6 is 11.6 Å². The summed E-state index contributed by atoms with van der Waals surface area (Å²) in [5.74, 6) is 0.416. The van der Waals surface area contributed by atoms with Crippen LogP contribution in [0.25, 0.3) is 0 Å². The van der Waals surface area contributed by atoms with Gasteiger partial charge in [0, 0.05) is 24.7 Å². The quantitative estimate of drug-likeness (QED) is 0.843. The van der Waals surface area contributed by atoms with Crippen LogP contribution in [0.3, 0.4) is 0 Å². The summed E-state index contributed by atoms with van der Waals surface area (Å²) in [7, 11) is -3.15. The summed E-state index contributed by atoms with van der Waals surface area (Å²) in [5.41, 5.74) is 0.524. The van der Waals surface area contributed by atoms with Gasteiger partial charge in [0.15, 0.2) is 0 Å². The molecule has 2 aliphatic rings. The second kappa shape index (κ2) is 7.51. The molecule has 1 saturated heterocycles. The van der Waals surface area contributed by atoms with Crippen LogP contribution in [0, 0.1) is 0 Å². The lowest BCUT2D eigenvalue weighted by molar-refractivity contribution is 0.0917. The highest BCUT2D eigenvalue weighted by atomic mass is 35.5. The maximum absolute atomic E-state index is 12.2. The number of carbonyl (C=O) groups excluding carboxylic acids is 1. The highest BCUT2D eigenvalue weighted by Crippen LogP contribution is 2.29. The van der Waals surface area contributed by atoms with E-state index in [1.165, 1.54) is 10.6 Å². The van der Waals surface area contributed by atoms with Gasteiger partial charge in [-0.05, 0) is 50.3 Å². The zero-order valence-electron chi connectivity index (χ0n) is 14.2. The molecule has 1 heterocycles. The lowest BCUT2D eigenvalue weighted by atomic mass is 9.93. The Kier molecular flexibility index (Phi) is 5.55. The molecule has 3 rings (SSSR count). The lowest BCUT2D eigenvalue weighted by Gasteiger charge is -2.30. The number of sulfonamides is 1. The molecule has 1 aliphatic carbocycles. The summed E-state index contributed by atoms with van der Waals surface area (Å²) in [6.07, 6.45) is 5.61. The Hall–Kier alpha value is -1.31. The molecule has 0 aromatic heterocycles. The van der Waals surface area contributed by atoms with E-state index in [4.69, 9.17) is 16.3 Å². The fourth-order valence-electron chi connectivity index (χ4n) is 3.02. The number of hydrogen-bond donors (Lipinski definition) is 1. The van der Waals surface area contributed by atoms with Crippen molar-refractivity contribution in [1.29, 1.82) is 0 Å². The number of halogens is 1. The summed E-state index contributed by atoms with van der Waals surface area (Å²) in [6.45, 7) is 0.895. The van der Waals surface area contributed by atoms with Crippen LogP contribution in [0.5, 0.6) is 5.75 Å². The summed E-state index contributed by atoms with van der Waals surface area (Å²) in [4.78, 5) is 12.2. The van der Waals surface area contributed by atoms with E-state index in [0.717, 1.165) is 19.3 Å². The first kappa shape index (κ1) is 18.5. The average Bonchev–Trinajstić information content (AvgIpc) is 2.52. The van der Waals surface area contributed by atoms with Gasteiger partial charge in [0.25, 0.3) is 5.91 Å². The van der Waals surface area contributed by atoms with Crippen LogP contribution in [-0.2, 0) is 10.0 Å². The number of hydrogen-bond acceptors (Lipinski definition) is 4. The molecule has 0 unspecified atom stereocenters. The zero-order chi connectivity index (χ0) is 18.0. The Labute approximate surface area is 153 Å². The van der Waals surface area contributed by atoms with E-state index in [2.05, 4.69) is 5.32 Å². The minimum Gasteiger partial charge on any atom is -0.489 e. The van der Waals surface area contributed by atoms with Crippen LogP contribution in [0.1, 0.15) is 42.5 Å². The van der Waals surface area contributed by atoms with Gasteiger partial charge in [-0.3, -0.25) is 4.79 Å². The Morgan fingerprint density at radius 3 is 2.44 bits per heavy atom. The van der Waals surface area contributed by atoms with E-state index in [1.807, 2.05) is 0 Å². The van der Waals surface area contributed by atoms with Crippen molar-refractivity contribution in [1.82, 2.24) is 9.62 Å².